The van der Waals surface area contributed by atoms with Crippen LogP contribution < -0.4 is 0 Å². The smallest absolute Gasteiger partial charge is 0.240 e. The number of aryl methyl sites for hydroxylation is 1. The molecule has 1 aliphatic carbocycles. The summed E-state index contributed by atoms with van der Waals surface area (Å²) in [5.74, 6) is 1.43. The van der Waals surface area contributed by atoms with E-state index in [-0.39, 0.29) is 12.1 Å². The van der Waals surface area contributed by atoms with Crippen molar-refractivity contribution in [2.24, 2.45) is 7.05 Å². The molecule has 6 heteroatoms. The first-order valence-electron chi connectivity index (χ1n) is 12.0. The number of aromatic nitrogens is 2. The summed E-state index contributed by atoms with van der Waals surface area (Å²) in [5.41, 5.74) is 1.26. The standard InChI is InChI=1S/C25H35N5O/c1-27-15-13-26-24(27)23(20-8-4-2-5-9-20)28-16-18-29(19-17-28)25(31)22-12-14-30(22)21-10-6-3-7-11-21/h2,4-5,8-9,13,15,21-23H,3,6-7,10-12,14,16-19H2,1H3/t22-,23-/m1/s1. The Morgan fingerprint density at radius 2 is 1.71 bits per heavy atom. The highest BCUT2D eigenvalue weighted by atomic mass is 16.2. The predicted octanol–water partition coefficient (Wildman–Crippen LogP) is 3.06. The predicted molar refractivity (Wildman–Crippen MR) is 122 cm³/mol. The minimum Gasteiger partial charge on any atom is -0.339 e. The van der Waals surface area contributed by atoms with Gasteiger partial charge < -0.3 is 9.47 Å². The first-order chi connectivity index (χ1) is 15.2. The minimum atomic E-state index is 0.126. The van der Waals surface area contributed by atoms with E-state index in [0.29, 0.717) is 11.9 Å². The molecule has 6 nitrogen and oxygen atoms in total. The van der Waals surface area contributed by atoms with Gasteiger partial charge in [0.2, 0.25) is 5.91 Å². The van der Waals surface area contributed by atoms with Crippen LogP contribution in [0.2, 0.25) is 0 Å². The molecule has 31 heavy (non-hydrogen) atoms. The number of carbonyl (C=O) groups is 1. The van der Waals surface area contributed by atoms with Crippen molar-refractivity contribution < 1.29 is 4.79 Å². The molecule has 0 N–H and O–H groups in total. The van der Waals surface area contributed by atoms with E-state index in [2.05, 4.69) is 61.6 Å². The Balaban J connectivity index is 1.25. The lowest BCUT2D eigenvalue weighted by Crippen LogP contribution is -2.62. The van der Waals surface area contributed by atoms with Gasteiger partial charge in [-0.15, -0.1) is 0 Å². The Morgan fingerprint density at radius 1 is 0.968 bits per heavy atom. The number of rotatable bonds is 5. The molecule has 3 fully saturated rings. The Labute approximate surface area is 185 Å². The quantitative estimate of drug-likeness (QED) is 0.744. The monoisotopic (exact) mass is 421 g/mol. The number of imidazole rings is 1. The van der Waals surface area contributed by atoms with Crippen molar-refractivity contribution >= 4 is 5.91 Å². The van der Waals surface area contributed by atoms with Crippen LogP contribution in [0.15, 0.2) is 42.7 Å². The van der Waals surface area contributed by atoms with Gasteiger partial charge in [-0.25, -0.2) is 4.98 Å². The summed E-state index contributed by atoms with van der Waals surface area (Å²) in [6, 6.07) is 11.5. The number of amides is 1. The molecule has 2 atom stereocenters. The molecule has 1 amide bonds. The van der Waals surface area contributed by atoms with Crippen molar-refractivity contribution in [3.05, 3.63) is 54.1 Å². The molecule has 2 saturated heterocycles. The molecule has 1 aromatic heterocycles. The van der Waals surface area contributed by atoms with Crippen LogP contribution in [0.1, 0.15) is 56.0 Å². The van der Waals surface area contributed by atoms with Gasteiger partial charge in [0.15, 0.2) is 0 Å². The minimum absolute atomic E-state index is 0.126. The number of likely N-dealkylation sites (tertiary alicyclic amines) is 1. The number of nitrogens with zero attached hydrogens (tertiary/aromatic N) is 5. The second kappa shape index (κ2) is 9.13. The highest BCUT2D eigenvalue weighted by molar-refractivity contribution is 5.83. The first-order valence-corrected chi connectivity index (χ1v) is 12.0. The number of piperazine rings is 1. The normalized spacial score (nSPS) is 24.7. The van der Waals surface area contributed by atoms with E-state index in [9.17, 15) is 4.79 Å². The molecule has 5 rings (SSSR count). The van der Waals surface area contributed by atoms with Crippen molar-refractivity contribution in [3.63, 3.8) is 0 Å². The van der Waals surface area contributed by atoms with Gasteiger partial charge in [0, 0.05) is 58.2 Å². The lowest BCUT2D eigenvalue weighted by molar-refractivity contribution is -0.146. The summed E-state index contributed by atoms with van der Waals surface area (Å²) in [6.07, 6.45) is 11.5. The molecular formula is C25H35N5O. The maximum absolute atomic E-state index is 13.3. The van der Waals surface area contributed by atoms with Crippen LogP contribution in [0.4, 0.5) is 0 Å². The molecule has 3 aliphatic rings. The number of hydrogen-bond acceptors (Lipinski definition) is 4. The van der Waals surface area contributed by atoms with E-state index in [1.165, 1.54) is 37.7 Å². The lowest BCUT2D eigenvalue weighted by atomic mass is 9.88. The second-order valence-corrected chi connectivity index (χ2v) is 9.40. The lowest BCUT2D eigenvalue weighted by Gasteiger charge is -2.49. The van der Waals surface area contributed by atoms with Gasteiger partial charge in [-0.2, -0.15) is 0 Å². The third kappa shape index (κ3) is 4.15. The van der Waals surface area contributed by atoms with Crippen LogP contribution in [0.5, 0.6) is 0 Å². The van der Waals surface area contributed by atoms with E-state index >= 15 is 0 Å². The summed E-state index contributed by atoms with van der Waals surface area (Å²) in [5, 5.41) is 0. The molecule has 0 bridgehead atoms. The fraction of sp³-hybridized carbons (Fsp3) is 0.600. The van der Waals surface area contributed by atoms with Crippen LogP contribution in [0.25, 0.3) is 0 Å². The summed E-state index contributed by atoms with van der Waals surface area (Å²) in [6.45, 7) is 4.49. The zero-order valence-corrected chi connectivity index (χ0v) is 18.7. The van der Waals surface area contributed by atoms with Crippen LogP contribution in [-0.4, -0.2) is 75.0 Å². The molecule has 3 heterocycles. The van der Waals surface area contributed by atoms with E-state index in [1.54, 1.807) is 0 Å². The fourth-order valence-electron chi connectivity index (χ4n) is 5.73. The molecule has 1 saturated carbocycles. The summed E-state index contributed by atoms with van der Waals surface area (Å²) < 4.78 is 2.12. The average molecular weight is 422 g/mol. The molecule has 0 radical (unpaired) electrons. The van der Waals surface area contributed by atoms with Crippen LogP contribution in [0, 0.1) is 0 Å². The zero-order valence-electron chi connectivity index (χ0n) is 18.7. The SMILES string of the molecule is Cn1ccnc1[C@@H](c1ccccc1)N1CCN(C(=O)[C@H]2CCN2C2CCCCC2)CC1. The van der Waals surface area contributed by atoms with Crippen LogP contribution >= 0.6 is 0 Å². The summed E-state index contributed by atoms with van der Waals surface area (Å²) >= 11 is 0. The van der Waals surface area contributed by atoms with Crippen molar-refractivity contribution in [1.29, 1.82) is 0 Å². The van der Waals surface area contributed by atoms with E-state index in [4.69, 9.17) is 0 Å². The molecule has 2 aromatic rings. The van der Waals surface area contributed by atoms with Crippen molar-refractivity contribution in [2.75, 3.05) is 32.7 Å². The molecular weight excluding hydrogens is 386 g/mol. The third-order valence-corrected chi connectivity index (χ3v) is 7.60. The van der Waals surface area contributed by atoms with Gasteiger partial charge in [-0.05, 0) is 24.8 Å². The van der Waals surface area contributed by atoms with Gasteiger partial charge >= 0.3 is 0 Å². The van der Waals surface area contributed by atoms with Crippen molar-refractivity contribution in [1.82, 2.24) is 24.3 Å². The van der Waals surface area contributed by atoms with Crippen molar-refractivity contribution in [3.8, 4) is 0 Å². The summed E-state index contributed by atoms with van der Waals surface area (Å²) in [4.78, 5) is 25.1. The van der Waals surface area contributed by atoms with Crippen LogP contribution in [0.3, 0.4) is 0 Å². The number of carbonyl (C=O) groups excluding carboxylic acids is 1. The molecule has 1 aromatic carbocycles. The zero-order chi connectivity index (χ0) is 21.2. The summed E-state index contributed by atoms with van der Waals surface area (Å²) in [7, 11) is 2.06. The Morgan fingerprint density at radius 3 is 2.32 bits per heavy atom. The largest absolute Gasteiger partial charge is 0.339 e. The number of hydrogen-bond donors (Lipinski definition) is 0. The third-order valence-electron chi connectivity index (χ3n) is 7.60. The Kier molecular flexibility index (Phi) is 6.10. The van der Waals surface area contributed by atoms with Gasteiger partial charge in [0.25, 0.3) is 0 Å². The topological polar surface area (TPSA) is 44.6 Å². The van der Waals surface area contributed by atoms with Gasteiger partial charge in [-0.1, -0.05) is 49.6 Å². The van der Waals surface area contributed by atoms with E-state index < -0.39 is 0 Å². The Bertz CT molecular complexity index is 867. The maximum atomic E-state index is 13.3. The molecule has 0 spiro atoms. The molecule has 2 aliphatic heterocycles. The highest BCUT2D eigenvalue weighted by Crippen LogP contribution is 2.32. The van der Waals surface area contributed by atoms with Crippen molar-refractivity contribution in [2.45, 2.75) is 56.7 Å². The first kappa shape index (κ1) is 20.7. The van der Waals surface area contributed by atoms with Gasteiger partial charge in [-0.3, -0.25) is 14.6 Å². The number of benzene rings is 1. The highest BCUT2D eigenvalue weighted by Gasteiger charge is 2.41. The van der Waals surface area contributed by atoms with E-state index in [1.807, 2.05) is 12.4 Å². The van der Waals surface area contributed by atoms with E-state index in [0.717, 1.165) is 45.0 Å². The average Bonchev–Trinajstić information content (AvgIpc) is 3.20. The maximum Gasteiger partial charge on any atom is 0.240 e. The van der Waals surface area contributed by atoms with Gasteiger partial charge in [0.05, 0.1) is 12.1 Å². The fourth-order valence-corrected chi connectivity index (χ4v) is 5.73. The Hall–Kier alpha value is -2.18. The molecule has 0 unspecified atom stereocenters. The molecule has 166 valence electrons. The second-order valence-electron chi connectivity index (χ2n) is 9.40. The van der Waals surface area contributed by atoms with Crippen LogP contribution in [-0.2, 0) is 11.8 Å². The van der Waals surface area contributed by atoms with Gasteiger partial charge in [0.1, 0.15) is 5.82 Å².